The fourth-order valence-corrected chi connectivity index (χ4v) is 13.6. The van der Waals surface area contributed by atoms with Crippen molar-refractivity contribution >= 4 is 81.8 Å². The molecule has 2 heterocycles. The van der Waals surface area contributed by atoms with Crippen molar-refractivity contribution in [1.82, 2.24) is 71.9 Å². The number of H-pyrrole nitrogens is 1. The Hall–Kier alpha value is -10.7. The van der Waals surface area contributed by atoms with E-state index in [0.29, 0.717) is 131 Å². The van der Waals surface area contributed by atoms with Crippen LogP contribution in [-0.4, -0.2) is 243 Å². The van der Waals surface area contributed by atoms with Crippen LogP contribution in [0, 0.1) is 0 Å². The summed E-state index contributed by atoms with van der Waals surface area (Å²) in [5, 5.41) is 37.6. The maximum Gasteiger partial charge on any atom is 0.332 e. The van der Waals surface area contributed by atoms with Crippen molar-refractivity contribution in [1.29, 1.82) is 0 Å². The number of hydrogen-bond donors (Lipinski definition) is 15. The third-order valence-electron chi connectivity index (χ3n) is 20.2. The van der Waals surface area contributed by atoms with Crippen LogP contribution in [0.4, 0.5) is 5.69 Å². The minimum absolute atomic E-state index is 0.0331. The number of phenols is 1. The van der Waals surface area contributed by atoms with Gasteiger partial charge in [0.25, 0.3) is 11.5 Å². The van der Waals surface area contributed by atoms with Gasteiger partial charge < -0.3 is 104 Å². The van der Waals surface area contributed by atoms with E-state index in [9.17, 15) is 67.4 Å². The minimum Gasteiger partial charge on any atom is -0.508 e. The molecule has 6 rings (SSSR count). The molecule has 5 aromatic rings. The van der Waals surface area contributed by atoms with Gasteiger partial charge in [0.1, 0.15) is 34.9 Å². The number of benzene rings is 3. The van der Waals surface area contributed by atoms with Crippen LogP contribution in [-0.2, 0) is 104 Å². The van der Waals surface area contributed by atoms with Gasteiger partial charge in [0, 0.05) is 122 Å². The van der Waals surface area contributed by atoms with Crippen LogP contribution in [0.3, 0.4) is 0 Å². The Balaban J connectivity index is 0.663. The van der Waals surface area contributed by atoms with Gasteiger partial charge in [-0.2, -0.15) is 0 Å². The number of hydrogen-bond acceptors (Lipinski definition) is 23. The van der Waals surface area contributed by atoms with E-state index in [1.54, 1.807) is 30.3 Å². The number of ether oxygens (including phenoxy) is 5. The van der Waals surface area contributed by atoms with Crippen molar-refractivity contribution in [2.75, 3.05) is 124 Å². The van der Waals surface area contributed by atoms with Gasteiger partial charge in [-0.3, -0.25) is 71.6 Å². The van der Waals surface area contributed by atoms with Gasteiger partial charge in [0.15, 0.2) is 12.3 Å². The summed E-state index contributed by atoms with van der Waals surface area (Å²) in [5.41, 5.74) is 22.3. The van der Waals surface area contributed by atoms with Crippen LogP contribution in [0.15, 0.2) is 76.3 Å². The van der Waals surface area contributed by atoms with Gasteiger partial charge >= 0.3 is 5.69 Å². The summed E-state index contributed by atoms with van der Waals surface area (Å²) in [6.45, 7) is 13.1. The van der Waals surface area contributed by atoms with Crippen molar-refractivity contribution in [3.8, 4) is 22.9 Å². The molecular weight excluding hydrogens is 1580 g/mol. The van der Waals surface area contributed by atoms with Crippen LogP contribution in [0.5, 0.6) is 11.5 Å². The summed E-state index contributed by atoms with van der Waals surface area (Å²) >= 11 is 0. The molecule has 0 spiro atoms. The Bertz CT molecular complexity index is 4230. The first-order valence-electron chi connectivity index (χ1n) is 42.8. The molecule has 122 heavy (non-hydrogen) atoms. The van der Waals surface area contributed by atoms with E-state index in [4.69, 9.17) is 40.9 Å². The SMILES string of the molecule is CCCN(CCc1ccc(NC(=O)CC[C@H](N)C(=O)NCCCC[C@H](NC(=O)CCC(=O)NCCOCCOCCNC(=O)CCC(=O)NCCOCCOCCNC(=O)[C@H](CCCCNC(=O)[C@@H](N)CCCCNC(=O)COc2ccc(-c3nc4c([nH]3)c(=O)n(CCC)c(=O)n4CCC)cc2)NC(C)=O)C(N)=O)cc1)C1CCc2c(O)cccc2C1. The lowest BCUT2D eigenvalue weighted by Crippen LogP contribution is -2.47. The number of nitrogens with zero attached hydrogens (tertiary/aromatic N) is 4. The Kier molecular flexibility index (Phi) is 46.6. The zero-order chi connectivity index (χ0) is 88.4. The number of nitrogens with two attached hydrogens (primary N) is 3. The molecule has 0 bridgehead atoms. The van der Waals surface area contributed by atoms with Crippen molar-refractivity contribution in [3.63, 3.8) is 0 Å². The van der Waals surface area contributed by atoms with Crippen LogP contribution in [0.25, 0.3) is 22.6 Å². The summed E-state index contributed by atoms with van der Waals surface area (Å²) in [5.74, 6) is -3.16. The van der Waals surface area contributed by atoms with Crippen LogP contribution in [0.1, 0.15) is 166 Å². The number of primary amides is 1. The molecule has 3 aromatic carbocycles. The number of anilines is 1. The number of unbranched alkanes of at least 4 members (excludes halogenated alkanes) is 3. The predicted octanol–water partition coefficient (Wildman–Crippen LogP) is 1.77. The maximum atomic E-state index is 13.1. The van der Waals surface area contributed by atoms with E-state index < -0.39 is 53.4 Å². The molecule has 5 atom stereocenters. The summed E-state index contributed by atoms with van der Waals surface area (Å²) in [6.07, 6.45) is 9.83. The number of aromatic amines is 1. The van der Waals surface area contributed by atoms with Crippen molar-refractivity contribution in [3.05, 3.63) is 104 Å². The Labute approximate surface area is 712 Å². The monoisotopic (exact) mass is 1710 g/mol. The third kappa shape index (κ3) is 37.7. The standard InChI is InChI=1S/C85H130N18O19/c1-5-44-101(63-26-29-65-61(56-63)15-14-19-70(65)105)47-36-59-20-24-62(25-21-59)97-74(109)31-30-67(87)82(114)94-38-12-9-17-68(78(88)112)98-75(110)35-34-73(108)92-42-50-119-53-52-118-48-40-90-71(106)32-33-72(107)91-41-49-120-54-55-121-51-43-95-83(115)69(96-58(4)104)18-10-13-39-93-81(113)66(86)16-8-11-37-89-76(111)57-122-64-27-22-60(23-28-64)79-99-77-80(100-79)102(45-6-2)85(117)103(46-7-3)84(77)116/h14-15,19-25,27-28,63,66-69,105H,5-13,16-18,26,29-57,86-87H2,1-4H3,(H2,88,112)(H,89,111)(H,90,106)(H,91,107)(H,92,108)(H,93,113)(H,94,114)(H,95,115)(H,96,104)(H,97,109)(H,98,110)(H,99,100)/t63?,66-,67-,68-,69-/m0/s1. The van der Waals surface area contributed by atoms with Gasteiger partial charge in [0.05, 0.1) is 64.9 Å². The summed E-state index contributed by atoms with van der Waals surface area (Å²) in [4.78, 5) is 174. The normalized spacial score (nSPS) is 13.4. The molecular formula is C85H130N18O19. The highest BCUT2D eigenvalue weighted by Gasteiger charge is 2.27. The number of nitrogens with one attached hydrogen (secondary N) is 11. The molecule has 37 heteroatoms. The number of aromatic hydroxyl groups is 1. The first-order chi connectivity index (χ1) is 58.9. The molecule has 2 aromatic heterocycles. The van der Waals surface area contributed by atoms with Gasteiger partial charge in [0.2, 0.25) is 59.1 Å². The molecule has 0 radical (unpaired) electrons. The second-order valence-corrected chi connectivity index (χ2v) is 30.1. The zero-order valence-corrected chi connectivity index (χ0v) is 71.3. The maximum absolute atomic E-state index is 13.1. The molecule has 18 N–H and O–H groups in total. The molecule has 1 aliphatic carbocycles. The number of imidazole rings is 1. The number of carbonyl (C=O) groups is 11. The lowest BCUT2D eigenvalue weighted by atomic mass is 9.86. The topological polar surface area (TPSA) is 528 Å². The lowest BCUT2D eigenvalue weighted by molar-refractivity contribution is -0.129. The summed E-state index contributed by atoms with van der Waals surface area (Å²) in [6, 6.07) is 17.4. The van der Waals surface area contributed by atoms with Crippen LogP contribution in [0.2, 0.25) is 0 Å². The van der Waals surface area contributed by atoms with Crippen molar-refractivity contribution < 1.29 is 81.5 Å². The molecule has 674 valence electrons. The fourth-order valence-electron chi connectivity index (χ4n) is 13.6. The van der Waals surface area contributed by atoms with Gasteiger partial charge in [-0.1, -0.05) is 45.0 Å². The fraction of sp³-hybridized carbons (Fsp3) is 0.600. The Morgan fingerprint density at radius 3 is 1.64 bits per heavy atom. The lowest BCUT2D eigenvalue weighted by Gasteiger charge is -2.35. The smallest absolute Gasteiger partial charge is 0.332 e. The van der Waals surface area contributed by atoms with E-state index in [0.717, 1.165) is 56.3 Å². The molecule has 1 unspecified atom stereocenters. The number of rotatable bonds is 63. The molecule has 0 saturated heterocycles. The van der Waals surface area contributed by atoms with Gasteiger partial charge in [-0.15, -0.1) is 0 Å². The molecule has 11 amide bonds. The summed E-state index contributed by atoms with van der Waals surface area (Å²) in [7, 11) is 0. The largest absolute Gasteiger partial charge is 0.508 e. The van der Waals surface area contributed by atoms with E-state index in [1.165, 1.54) is 21.6 Å². The average molecular weight is 1710 g/mol. The molecule has 0 saturated carbocycles. The molecule has 1 aliphatic rings. The van der Waals surface area contributed by atoms with Crippen molar-refractivity contribution in [2.45, 2.75) is 212 Å². The van der Waals surface area contributed by atoms with Crippen LogP contribution < -0.4 is 86.4 Å². The first kappa shape index (κ1) is 100. The number of phenolic OH excluding ortho intramolecular Hbond substituents is 1. The van der Waals surface area contributed by atoms with E-state index >= 15 is 0 Å². The predicted molar refractivity (Wildman–Crippen MR) is 459 cm³/mol. The minimum atomic E-state index is -0.977. The average Bonchev–Trinajstić information content (AvgIpc) is 1.59. The molecule has 0 aliphatic heterocycles. The number of aromatic nitrogens is 4. The van der Waals surface area contributed by atoms with Gasteiger partial charge in [-0.25, -0.2) is 9.78 Å². The van der Waals surface area contributed by atoms with Crippen LogP contribution >= 0.6 is 0 Å². The Morgan fingerprint density at radius 1 is 0.549 bits per heavy atom. The highest BCUT2D eigenvalue weighted by Crippen LogP contribution is 2.31. The second-order valence-electron chi connectivity index (χ2n) is 30.1. The number of aryl methyl sites for hydroxylation is 1. The van der Waals surface area contributed by atoms with E-state index in [2.05, 4.69) is 81.0 Å². The quantitative estimate of drug-likeness (QED) is 0.0247. The number of fused-ring (bicyclic) bond motifs is 2. The number of carbonyl (C=O) groups excluding carboxylic acids is 11. The highest BCUT2D eigenvalue weighted by atomic mass is 16.5. The molecule has 37 nitrogen and oxygen atoms in total. The zero-order valence-electron chi connectivity index (χ0n) is 71.3. The highest BCUT2D eigenvalue weighted by molar-refractivity contribution is 5.92. The number of amides is 11. The second kappa shape index (κ2) is 56.8. The Morgan fingerprint density at radius 2 is 1.07 bits per heavy atom. The van der Waals surface area contributed by atoms with Gasteiger partial charge in [-0.05, 0) is 175 Å². The summed E-state index contributed by atoms with van der Waals surface area (Å²) < 4.78 is 30.4. The van der Waals surface area contributed by atoms with Crippen molar-refractivity contribution in [2.24, 2.45) is 17.2 Å². The third-order valence-corrected chi connectivity index (χ3v) is 20.2. The van der Waals surface area contributed by atoms with E-state index in [-0.39, 0.29) is 190 Å². The first-order valence-corrected chi connectivity index (χ1v) is 42.8. The van der Waals surface area contributed by atoms with E-state index in [1.807, 2.05) is 44.2 Å². The molecule has 0 fully saturated rings.